The predicted molar refractivity (Wildman–Crippen MR) is 42.4 cm³/mol. The van der Waals surface area contributed by atoms with Crippen LogP contribution in [0.25, 0.3) is 0 Å². The third-order valence-corrected chi connectivity index (χ3v) is 1.62. The molecule has 0 saturated heterocycles. The topological polar surface area (TPSA) is 9.23 Å². The Morgan fingerprint density at radius 2 is 2.08 bits per heavy atom. The van der Waals surface area contributed by atoms with Gasteiger partial charge in [-0.1, -0.05) is 6.92 Å². The zero-order valence-electron chi connectivity index (χ0n) is 7.06. The van der Waals surface area contributed by atoms with E-state index in [0.717, 1.165) is 6.07 Å². The fourth-order valence-corrected chi connectivity index (χ4v) is 1.04. The van der Waals surface area contributed by atoms with E-state index in [1.165, 1.54) is 12.1 Å². The molecule has 0 amide bonds. The van der Waals surface area contributed by atoms with Crippen molar-refractivity contribution in [1.29, 1.82) is 0 Å². The molecule has 0 radical (unpaired) electrons. The lowest BCUT2D eigenvalue weighted by atomic mass is 10.1. The van der Waals surface area contributed by atoms with Crippen molar-refractivity contribution < 1.29 is 17.9 Å². The van der Waals surface area contributed by atoms with Crippen LogP contribution in [0.1, 0.15) is 12.5 Å². The van der Waals surface area contributed by atoms with Crippen molar-refractivity contribution in [2.75, 3.05) is 0 Å². The molecule has 0 atom stereocenters. The Morgan fingerprint density at radius 1 is 1.38 bits per heavy atom. The number of hydrogen-bond acceptors (Lipinski definition) is 1. The molecule has 0 aliphatic rings. The van der Waals surface area contributed by atoms with Gasteiger partial charge in [-0.05, 0) is 30.2 Å². The zero-order valence-corrected chi connectivity index (χ0v) is 7.06. The maximum Gasteiger partial charge on any atom is 0.387 e. The van der Waals surface area contributed by atoms with E-state index in [-0.39, 0.29) is 5.75 Å². The van der Waals surface area contributed by atoms with E-state index in [1.807, 2.05) is 0 Å². The predicted octanol–water partition coefficient (Wildman–Crippen LogP) is 2.99. The van der Waals surface area contributed by atoms with Gasteiger partial charge in [-0.2, -0.15) is 8.78 Å². The van der Waals surface area contributed by atoms with Crippen LogP contribution in [0, 0.1) is 5.82 Å². The molecule has 0 bridgehead atoms. The third-order valence-electron chi connectivity index (χ3n) is 1.62. The highest BCUT2D eigenvalue weighted by molar-refractivity contribution is 5.33. The van der Waals surface area contributed by atoms with Crippen LogP contribution in [-0.2, 0) is 6.42 Å². The van der Waals surface area contributed by atoms with Crippen molar-refractivity contribution in [1.82, 2.24) is 0 Å². The lowest BCUT2D eigenvalue weighted by molar-refractivity contribution is -0.0504. The molecular weight excluding hydrogens is 181 g/mol. The second-order valence-corrected chi connectivity index (χ2v) is 2.48. The summed E-state index contributed by atoms with van der Waals surface area (Å²) in [5.74, 6) is -0.405. The molecule has 4 heteroatoms. The van der Waals surface area contributed by atoms with Crippen LogP contribution in [0.5, 0.6) is 5.75 Å². The number of halogens is 3. The van der Waals surface area contributed by atoms with Gasteiger partial charge in [0.25, 0.3) is 0 Å². The SMILES string of the molecule is CCc1cc(F)ccc1OC(F)F. The summed E-state index contributed by atoms with van der Waals surface area (Å²) in [4.78, 5) is 0. The van der Waals surface area contributed by atoms with Crippen molar-refractivity contribution in [2.45, 2.75) is 20.0 Å². The minimum atomic E-state index is -2.87. The van der Waals surface area contributed by atoms with Crippen LogP contribution >= 0.6 is 0 Å². The van der Waals surface area contributed by atoms with E-state index in [0.29, 0.717) is 12.0 Å². The Labute approximate surface area is 74.1 Å². The van der Waals surface area contributed by atoms with Gasteiger partial charge in [0.05, 0.1) is 0 Å². The summed E-state index contributed by atoms with van der Waals surface area (Å²) in [5.41, 5.74) is 0.445. The fraction of sp³-hybridized carbons (Fsp3) is 0.333. The number of hydrogen-bond donors (Lipinski definition) is 0. The molecule has 1 nitrogen and oxygen atoms in total. The van der Waals surface area contributed by atoms with Crippen molar-refractivity contribution in [2.24, 2.45) is 0 Å². The van der Waals surface area contributed by atoms with Crippen molar-refractivity contribution in [3.05, 3.63) is 29.6 Å². The molecule has 0 unspecified atom stereocenters. The first kappa shape index (κ1) is 9.89. The van der Waals surface area contributed by atoms with Gasteiger partial charge < -0.3 is 4.74 Å². The average molecular weight is 190 g/mol. The Bertz CT molecular complexity index is 286. The van der Waals surface area contributed by atoms with E-state index >= 15 is 0 Å². The monoisotopic (exact) mass is 190 g/mol. The molecular formula is C9H9F3O. The number of alkyl halides is 2. The molecule has 0 fully saturated rings. The van der Waals surface area contributed by atoms with E-state index in [9.17, 15) is 13.2 Å². The summed E-state index contributed by atoms with van der Waals surface area (Å²) in [5, 5.41) is 0. The van der Waals surface area contributed by atoms with Gasteiger partial charge in [-0.15, -0.1) is 0 Å². The maximum atomic E-state index is 12.6. The molecule has 1 aromatic rings. The highest BCUT2D eigenvalue weighted by Crippen LogP contribution is 2.21. The van der Waals surface area contributed by atoms with Crippen molar-refractivity contribution in [3.8, 4) is 5.75 Å². The number of ether oxygens (including phenoxy) is 1. The van der Waals surface area contributed by atoms with Crippen molar-refractivity contribution >= 4 is 0 Å². The molecule has 0 saturated carbocycles. The van der Waals surface area contributed by atoms with E-state index in [4.69, 9.17) is 0 Å². The number of rotatable bonds is 3. The van der Waals surface area contributed by atoms with E-state index in [2.05, 4.69) is 4.74 Å². The summed E-state index contributed by atoms with van der Waals surface area (Å²) >= 11 is 0. The fourth-order valence-electron chi connectivity index (χ4n) is 1.04. The van der Waals surface area contributed by atoms with Crippen LogP contribution in [0.15, 0.2) is 18.2 Å². The van der Waals surface area contributed by atoms with Crippen molar-refractivity contribution in [3.63, 3.8) is 0 Å². The lowest BCUT2D eigenvalue weighted by Gasteiger charge is -2.08. The van der Waals surface area contributed by atoms with Crippen LogP contribution in [0.2, 0.25) is 0 Å². The van der Waals surface area contributed by atoms with Gasteiger partial charge in [0.1, 0.15) is 11.6 Å². The number of benzene rings is 1. The zero-order chi connectivity index (χ0) is 9.84. The normalized spacial score (nSPS) is 10.5. The first-order chi connectivity index (χ1) is 6.13. The second kappa shape index (κ2) is 4.16. The van der Waals surface area contributed by atoms with E-state index < -0.39 is 12.4 Å². The highest BCUT2D eigenvalue weighted by Gasteiger charge is 2.08. The molecule has 0 heterocycles. The standard InChI is InChI=1S/C9H9F3O/c1-2-6-5-7(10)3-4-8(6)13-9(11)12/h3-5,9H,2H2,1H3. The minimum Gasteiger partial charge on any atom is -0.435 e. The largest absolute Gasteiger partial charge is 0.435 e. The highest BCUT2D eigenvalue weighted by atomic mass is 19.3. The first-order valence-corrected chi connectivity index (χ1v) is 3.86. The van der Waals surface area contributed by atoms with E-state index in [1.54, 1.807) is 6.92 Å². The van der Waals surface area contributed by atoms with Gasteiger partial charge in [0, 0.05) is 0 Å². The van der Waals surface area contributed by atoms with Gasteiger partial charge >= 0.3 is 6.61 Å². The average Bonchev–Trinajstić information content (AvgIpc) is 2.07. The third kappa shape index (κ3) is 2.65. The maximum absolute atomic E-state index is 12.6. The quantitative estimate of drug-likeness (QED) is 0.711. The Hall–Kier alpha value is -1.19. The molecule has 1 aromatic carbocycles. The molecule has 1 rings (SSSR count). The van der Waals surface area contributed by atoms with Gasteiger partial charge in [-0.25, -0.2) is 4.39 Å². The van der Waals surface area contributed by atoms with Gasteiger partial charge in [0.2, 0.25) is 0 Å². The Balaban J connectivity index is 2.92. The Kier molecular flexibility index (Phi) is 3.17. The lowest BCUT2D eigenvalue weighted by Crippen LogP contribution is -2.04. The summed E-state index contributed by atoms with van der Waals surface area (Å²) in [7, 11) is 0. The first-order valence-electron chi connectivity index (χ1n) is 3.86. The van der Waals surface area contributed by atoms with Gasteiger partial charge in [-0.3, -0.25) is 0 Å². The molecule has 72 valence electrons. The molecule has 0 spiro atoms. The summed E-state index contributed by atoms with van der Waals surface area (Å²) < 4.78 is 40.5. The number of aryl methyl sites for hydroxylation is 1. The molecule has 13 heavy (non-hydrogen) atoms. The smallest absolute Gasteiger partial charge is 0.387 e. The molecule has 0 N–H and O–H groups in total. The van der Waals surface area contributed by atoms with Gasteiger partial charge in [0.15, 0.2) is 0 Å². The van der Waals surface area contributed by atoms with Crippen LogP contribution in [0.4, 0.5) is 13.2 Å². The summed E-state index contributed by atoms with van der Waals surface area (Å²) in [6.45, 7) is -1.12. The van der Waals surface area contributed by atoms with Crippen LogP contribution in [-0.4, -0.2) is 6.61 Å². The van der Waals surface area contributed by atoms with Crippen LogP contribution < -0.4 is 4.74 Å². The second-order valence-electron chi connectivity index (χ2n) is 2.48. The minimum absolute atomic E-state index is 0.0406. The summed E-state index contributed by atoms with van der Waals surface area (Å²) in [6.07, 6.45) is 0.458. The summed E-state index contributed by atoms with van der Waals surface area (Å²) in [6, 6.07) is 3.49. The molecule has 0 aromatic heterocycles. The molecule has 0 aliphatic heterocycles. The Morgan fingerprint density at radius 3 is 2.62 bits per heavy atom. The van der Waals surface area contributed by atoms with Crippen LogP contribution in [0.3, 0.4) is 0 Å². The molecule has 0 aliphatic carbocycles.